The number of nitrogens with two attached hydrogens (primary N) is 1. The molecule has 0 saturated carbocycles. The average molecular weight is 275 g/mol. The fraction of sp³-hybridized carbons (Fsp3) is 0.300. The largest absolute Gasteiger partial charge is 0.409 e. The molecule has 0 aliphatic carbocycles. The maximum absolute atomic E-state index is 13.5. The third-order valence-electron chi connectivity index (χ3n) is 2.58. The molecule has 0 aromatic heterocycles. The Morgan fingerprint density at radius 3 is 2.56 bits per heavy atom. The van der Waals surface area contributed by atoms with Crippen LogP contribution in [0, 0.1) is 5.82 Å². The first-order valence-electron chi connectivity index (χ1n) is 5.02. The zero-order chi connectivity index (χ0) is 13.9. The first-order valence-corrected chi connectivity index (χ1v) is 6.46. The molecule has 1 aromatic carbocycles. The van der Waals surface area contributed by atoms with Gasteiger partial charge in [-0.3, -0.25) is 0 Å². The summed E-state index contributed by atoms with van der Waals surface area (Å²) >= 11 is 0. The van der Waals surface area contributed by atoms with Gasteiger partial charge in [0.25, 0.3) is 0 Å². The summed E-state index contributed by atoms with van der Waals surface area (Å²) in [7, 11) is -2.81. The van der Waals surface area contributed by atoms with Crippen molar-refractivity contribution >= 4 is 15.9 Å². The Morgan fingerprint density at radius 2 is 2.06 bits per heavy atom. The molecule has 0 fully saturated rings. The zero-order valence-electron chi connectivity index (χ0n) is 9.91. The molecule has 3 N–H and O–H groups in total. The van der Waals surface area contributed by atoms with E-state index in [2.05, 4.69) is 5.16 Å². The van der Waals surface area contributed by atoms with Crippen molar-refractivity contribution in [1.82, 2.24) is 4.31 Å². The van der Waals surface area contributed by atoms with Gasteiger partial charge in [0.2, 0.25) is 10.0 Å². The van der Waals surface area contributed by atoms with E-state index >= 15 is 0 Å². The molecule has 0 amide bonds. The maximum Gasteiger partial charge on any atom is 0.246 e. The fourth-order valence-corrected chi connectivity index (χ4v) is 2.69. The van der Waals surface area contributed by atoms with Crippen LogP contribution in [-0.4, -0.2) is 36.9 Å². The summed E-state index contributed by atoms with van der Waals surface area (Å²) in [6.07, 6.45) is 0. The van der Waals surface area contributed by atoms with Gasteiger partial charge < -0.3 is 10.9 Å². The van der Waals surface area contributed by atoms with E-state index < -0.39 is 26.8 Å². The van der Waals surface area contributed by atoms with E-state index in [0.717, 1.165) is 16.4 Å². The molecule has 8 heteroatoms. The van der Waals surface area contributed by atoms with E-state index in [0.29, 0.717) is 0 Å². The van der Waals surface area contributed by atoms with Gasteiger partial charge >= 0.3 is 0 Å². The number of sulfonamides is 1. The lowest BCUT2D eigenvalue weighted by Gasteiger charge is -2.23. The summed E-state index contributed by atoms with van der Waals surface area (Å²) in [6, 6.07) is 4.12. The van der Waals surface area contributed by atoms with Crippen LogP contribution in [0.5, 0.6) is 0 Å². The van der Waals surface area contributed by atoms with Gasteiger partial charge in [0.05, 0.1) is 6.04 Å². The van der Waals surface area contributed by atoms with Crippen LogP contribution >= 0.6 is 0 Å². The number of likely N-dealkylation sites (N-methyl/N-ethyl adjacent to an activating group) is 1. The Kier molecular flexibility index (Phi) is 4.25. The van der Waals surface area contributed by atoms with Gasteiger partial charge in [-0.1, -0.05) is 17.3 Å². The quantitative estimate of drug-likeness (QED) is 0.363. The number of halogens is 1. The topological polar surface area (TPSA) is 96.0 Å². The molecule has 1 rings (SSSR count). The highest BCUT2D eigenvalue weighted by atomic mass is 32.2. The highest BCUT2D eigenvalue weighted by molar-refractivity contribution is 7.89. The fourth-order valence-electron chi connectivity index (χ4n) is 1.29. The van der Waals surface area contributed by atoms with E-state index in [1.807, 2.05) is 0 Å². The highest BCUT2D eigenvalue weighted by Gasteiger charge is 2.29. The minimum atomic E-state index is -4.04. The van der Waals surface area contributed by atoms with Crippen molar-refractivity contribution in [3.63, 3.8) is 0 Å². The second kappa shape index (κ2) is 5.32. The van der Waals surface area contributed by atoms with E-state index in [1.165, 1.54) is 26.1 Å². The van der Waals surface area contributed by atoms with Gasteiger partial charge in [-0.15, -0.1) is 0 Å². The minimum absolute atomic E-state index is 0.280. The first kappa shape index (κ1) is 14.4. The van der Waals surface area contributed by atoms with E-state index in [-0.39, 0.29) is 5.84 Å². The third kappa shape index (κ3) is 2.59. The molecule has 0 radical (unpaired) electrons. The van der Waals surface area contributed by atoms with E-state index in [1.54, 1.807) is 0 Å². The van der Waals surface area contributed by atoms with Gasteiger partial charge in [0, 0.05) is 7.05 Å². The Hall–Kier alpha value is -1.67. The van der Waals surface area contributed by atoms with E-state index in [9.17, 15) is 12.8 Å². The van der Waals surface area contributed by atoms with Gasteiger partial charge in [-0.05, 0) is 19.1 Å². The van der Waals surface area contributed by atoms with Crippen LogP contribution < -0.4 is 5.73 Å². The monoisotopic (exact) mass is 275 g/mol. The number of hydrogen-bond donors (Lipinski definition) is 2. The Morgan fingerprint density at radius 1 is 1.50 bits per heavy atom. The summed E-state index contributed by atoms with van der Waals surface area (Å²) in [6.45, 7) is 1.42. The summed E-state index contributed by atoms with van der Waals surface area (Å²) in [5, 5.41) is 11.2. The van der Waals surface area contributed by atoms with Gasteiger partial charge in [0.1, 0.15) is 10.7 Å². The molecule has 0 aliphatic rings. The van der Waals surface area contributed by atoms with Crippen molar-refractivity contribution in [1.29, 1.82) is 0 Å². The lowest BCUT2D eigenvalue weighted by molar-refractivity contribution is 0.311. The molecule has 18 heavy (non-hydrogen) atoms. The molecule has 100 valence electrons. The van der Waals surface area contributed by atoms with Crippen LogP contribution in [0.3, 0.4) is 0 Å². The lowest BCUT2D eigenvalue weighted by Crippen LogP contribution is -2.43. The molecule has 1 aromatic rings. The van der Waals surface area contributed by atoms with Crippen molar-refractivity contribution < 1.29 is 18.0 Å². The van der Waals surface area contributed by atoms with Crippen molar-refractivity contribution in [2.75, 3.05) is 7.05 Å². The second-order valence-corrected chi connectivity index (χ2v) is 5.62. The molecule has 0 saturated heterocycles. The normalized spacial score (nSPS) is 14.8. The first-order chi connectivity index (χ1) is 8.32. The number of benzene rings is 1. The SMILES string of the molecule is CC(C(N)=NO)N(C)S(=O)(=O)c1ccccc1F. The molecule has 0 heterocycles. The molecule has 0 aliphatic heterocycles. The lowest BCUT2D eigenvalue weighted by atomic mass is 10.3. The van der Waals surface area contributed by atoms with Crippen molar-refractivity contribution in [3.05, 3.63) is 30.1 Å². The van der Waals surface area contributed by atoms with Crippen LogP contribution in [0.1, 0.15) is 6.92 Å². The Bertz CT molecular complexity index is 559. The maximum atomic E-state index is 13.5. The van der Waals surface area contributed by atoms with Gasteiger partial charge in [-0.25, -0.2) is 12.8 Å². The molecule has 0 spiro atoms. The second-order valence-electron chi connectivity index (χ2n) is 3.65. The van der Waals surface area contributed by atoms with E-state index in [4.69, 9.17) is 10.9 Å². The number of rotatable bonds is 4. The number of hydrogen-bond acceptors (Lipinski definition) is 4. The van der Waals surface area contributed by atoms with Gasteiger partial charge in [0.15, 0.2) is 5.84 Å². The van der Waals surface area contributed by atoms with Crippen molar-refractivity contribution in [2.24, 2.45) is 10.9 Å². The van der Waals surface area contributed by atoms with Crippen LogP contribution in [-0.2, 0) is 10.0 Å². The summed E-state index contributed by atoms with van der Waals surface area (Å²) in [5.41, 5.74) is 5.33. The van der Waals surface area contributed by atoms with Crippen LogP contribution in [0.25, 0.3) is 0 Å². The predicted octanol–water partition coefficient (Wildman–Crippen LogP) is 0.581. The molecule has 1 unspecified atom stereocenters. The Balaban J connectivity index is 3.20. The number of oxime groups is 1. The number of nitrogens with zero attached hydrogens (tertiary/aromatic N) is 2. The average Bonchev–Trinajstić information content (AvgIpc) is 2.36. The highest BCUT2D eigenvalue weighted by Crippen LogP contribution is 2.19. The molecular formula is C10H14FN3O3S. The zero-order valence-corrected chi connectivity index (χ0v) is 10.7. The molecule has 6 nitrogen and oxygen atoms in total. The summed E-state index contributed by atoms with van der Waals surface area (Å²) in [5.74, 6) is -1.13. The standard InChI is InChI=1S/C10H14FN3O3S/c1-7(10(12)13-15)14(2)18(16,17)9-6-4-3-5-8(9)11/h3-7,15H,1-2H3,(H2,12,13). The molecule has 1 atom stereocenters. The molecule has 0 bridgehead atoms. The van der Waals surface area contributed by atoms with Crippen molar-refractivity contribution in [2.45, 2.75) is 17.9 Å². The number of amidine groups is 1. The van der Waals surface area contributed by atoms with Crippen molar-refractivity contribution in [3.8, 4) is 0 Å². The smallest absolute Gasteiger partial charge is 0.246 e. The minimum Gasteiger partial charge on any atom is -0.409 e. The van der Waals surface area contributed by atoms with Gasteiger partial charge in [-0.2, -0.15) is 4.31 Å². The summed E-state index contributed by atoms with van der Waals surface area (Å²) < 4.78 is 38.5. The van der Waals surface area contributed by atoms with Crippen LogP contribution in [0.15, 0.2) is 34.3 Å². The third-order valence-corrected chi connectivity index (χ3v) is 4.54. The predicted molar refractivity (Wildman–Crippen MR) is 64.2 cm³/mol. The Labute approximate surface area is 105 Å². The summed E-state index contributed by atoms with van der Waals surface area (Å²) in [4.78, 5) is -0.454. The molecular weight excluding hydrogens is 261 g/mol. The van der Waals surface area contributed by atoms with Crippen LogP contribution in [0.2, 0.25) is 0 Å². The van der Waals surface area contributed by atoms with Crippen LogP contribution in [0.4, 0.5) is 4.39 Å².